The lowest BCUT2D eigenvalue weighted by Gasteiger charge is -2.37. The zero-order valence-corrected chi connectivity index (χ0v) is 14.3. The second-order valence-corrected chi connectivity index (χ2v) is 6.41. The number of hydrogen-bond acceptors (Lipinski definition) is 6. The van der Waals surface area contributed by atoms with Gasteiger partial charge in [0.25, 0.3) is 0 Å². The van der Waals surface area contributed by atoms with E-state index >= 15 is 0 Å². The van der Waals surface area contributed by atoms with Gasteiger partial charge in [-0.3, -0.25) is 9.69 Å². The van der Waals surface area contributed by atoms with Crippen molar-refractivity contribution >= 4 is 5.91 Å². The number of aryl methyl sites for hydroxylation is 1. The van der Waals surface area contributed by atoms with Crippen LogP contribution in [0.3, 0.4) is 0 Å². The maximum absolute atomic E-state index is 12.5. The van der Waals surface area contributed by atoms with E-state index in [9.17, 15) is 4.79 Å². The average molecular weight is 334 g/mol. The predicted molar refractivity (Wildman–Crippen MR) is 88.8 cm³/mol. The highest BCUT2D eigenvalue weighted by molar-refractivity contribution is 5.79. The summed E-state index contributed by atoms with van der Waals surface area (Å²) in [5.74, 6) is 1.03. The van der Waals surface area contributed by atoms with Gasteiger partial charge < -0.3 is 14.4 Å². The van der Waals surface area contributed by atoms with Gasteiger partial charge in [0.15, 0.2) is 0 Å². The molecule has 2 aliphatic heterocycles. The summed E-state index contributed by atoms with van der Waals surface area (Å²) in [5.41, 5.74) is 0.882. The Morgan fingerprint density at radius 2 is 1.96 bits per heavy atom. The Balaban J connectivity index is 1.35. The molecule has 0 spiro atoms. The van der Waals surface area contributed by atoms with Gasteiger partial charge in [0, 0.05) is 57.9 Å². The van der Waals surface area contributed by atoms with Crippen LogP contribution in [0.15, 0.2) is 12.1 Å². The van der Waals surface area contributed by atoms with Crippen molar-refractivity contribution in [2.24, 2.45) is 5.92 Å². The molecule has 2 aliphatic rings. The first-order valence-electron chi connectivity index (χ1n) is 8.74. The molecule has 7 heteroatoms. The van der Waals surface area contributed by atoms with Crippen molar-refractivity contribution < 1.29 is 14.3 Å². The number of aromatic nitrogens is 2. The number of carbonyl (C=O) groups excluding carboxylic acids is 1. The van der Waals surface area contributed by atoms with E-state index in [-0.39, 0.29) is 5.92 Å². The molecule has 0 N–H and O–H groups in total. The minimum Gasteiger partial charge on any atom is -0.475 e. The van der Waals surface area contributed by atoms with E-state index in [1.165, 1.54) is 0 Å². The normalized spacial score (nSPS) is 20.1. The van der Waals surface area contributed by atoms with Crippen molar-refractivity contribution in [1.82, 2.24) is 20.0 Å². The van der Waals surface area contributed by atoms with Crippen molar-refractivity contribution in [2.75, 3.05) is 52.5 Å². The van der Waals surface area contributed by atoms with Crippen molar-refractivity contribution in [3.8, 4) is 5.88 Å². The molecular weight excluding hydrogens is 308 g/mol. The summed E-state index contributed by atoms with van der Waals surface area (Å²) in [4.78, 5) is 16.8. The first-order valence-corrected chi connectivity index (χ1v) is 8.74. The summed E-state index contributed by atoms with van der Waals surface area (Å²) in [6, 6.07) is 3.73. The number of hydrogen-bond donors (Lipinski definition) is 0. The van der Waals surface area contributed by atoms with E-state index in [0.717, 1.165) is 64.5 Å². The Morgan fingerprint density at radius 1 is 1.21 bits per heavy atom. The smallest absolute Gasteiger partial charge is 0.233 e. The fourth-order valence-corrected chi connectivity index (χ4v) is 3.14. The summed E-state index contributed by atoms with van der Waals surface area (Å²) in [7, 11) is 0. The largest absolute Gasteiger partial charge is 0.475 e. The Hall–Kier alpha value is -1.73. The number of carbonyl (C=O) groups is 1. The first-order chi connectivity index (χ1) is 11.7. The molecule has 1 aromatic heterocycles. The number of rotatable bonds is 5. The molecule has 2 fully saturated rings. The van der Waals surface area contributed by atoms with E-state index in [4.69, 9.17) is 9.47 Å². The van der Waals surface area contributed by atoms with Crippen molar-refractivity contribution in [2.45, 2.75) is 19.8 Å². The molecule has 0 saturated carbocycles. The Kier molecular flexibility index (Phi) is 5.98. The summed E-state index contributed by atoms with van der Waals surface area (Å²) in [6.45, 7) is 8.18. The van der Waals surface area contributed by atoms with Gasteiger partial charge in [0.2, 0.25) is 11.8 Å². The van der Waals surface area contributed by atoms with Crippen LogP contribution in [0.25, 0.3) is 0 Å². The van der Waals surface area contributed by atoms with Crippen LogP contribution in [0.1, 0.15) is 18.5 Å². The minimum atomic E-state index is 0.161. The van der Waals surface area contributed by atoms with Crippen LogP contribution in [-0.2, 0) is 9.53 Å². The van der Waals surface area contributed by atoms with Crippen LogP contribution >= 0.6 is 0 Å². The molecule has 1 amide bonds. The highest BCUT2D eigenvalue weighted by Crippen LogP contribution is 2.18. The minimum absolute atomic E-state index is 0.161. The van der Waals surface area contributed by atoms with E-state index in [1.54, 1.807) is 0 Å². The molecule has 7 nitrogen and oxygen atoms in total. The van der Waals surface area contributed by atoms with Gasteiger partial charge in [-0.15, -0.1) is 5.10 Å². The maximum Gasteiger partial charge on any atom is 0.233 e. The second kappa shape index (κ2) is 8.39. The fraction of sp³-hybridized carbons (Fsp3) is 0.706. The first kappa shape index (κ1) is 17.1. The predicted octanol–water partition coefficient (Wildman–Crippen LogP) is 0.735. The van der Waals surface area contributed by atoms with Crippen LogP contribution in [0.2, 0.25) is 0 Å². The molecule has 0 radical (unpaired) electrons. The molecule has 132 valence electrons. The monoisotopic (exact) mass is 334 g/mol. The molecule has 2 saturated heterocycles. The van der Waals surface area contributed by atoms with Gasteiger partial charge in [0.05, 0.1) is 5.69 Å². The van der Waals surface area contributed by atoms with Gasteiger partial charge in [-0.05, 0) is 25.8 Å². The molecule has 3 heterocycles. The highest BCUT2D eigenvalue weighted by atomic mass is 16.5. The number of amides is 1. The standard InChI is InChI=1S/C17H26N4O3/c1-14-2-3-16(19-18-14)24-13-10-20-6-8-21(9-7-20)17(22)15-4-11-23-12-5-15/h2-3,15H,4-13H2,1H3. The lowest BCUT2D eigenvalue weighted by atomic mass is 9.98. The zero-order valence-electron chi connectivity index (χ0n) is 14.3. The molecule has 1 aromatic rings. The molecule has 0 bridgehead atoms. The van der Waals surface area contributed by atoms with Gasteiger partial charge in [-0.25, -0.2) is 0 Å². The Bertz CT molecular complexity index is 523. The van der Waals surface area contributed by atoms with E-state index in [0.29, 0.717) is 18.4 Å². The Morgan fingerprint density at radius 3 is 2.62 bits per heavy atom. The van der Waals surface area contributed by atoms with Crippen LogP contribution in [0.4, 0.5) is 0 Å². The maximum atomic E-state index is 12.5. The second-order valence-electron chi connectivity index (χ2n) is 6.41. The van der Waals surface area contributed by atoms with E-state index in [2.05, 4.69) is 15.1 Å². The molecule has 0 unspecified atom stereocenters. The third kappa shape index (κ3) is 4.64. The third-order valence-electron chi connectivity index (χ3n) is 4.69. The fourth-order valence-electron chi connectivity index (χ4n) is 3.14. The van der Waals surface area contributed by atoms with Crippen molar-refractivity contribution in [3.05, 3.63) is 17.8 Å². The van der Waals surface area contributed by atoms with E-state index < -0.39 is 0 Å². The summed E-state index contributed by atoms with van der Waals surface area (Å²) >= 11 is 0. The highest BCUT2D eigenvalue weighted by Gasteiger charge is 2.28. The van der Waals surface area contributed by atoms with Gasteiger partial charge in [-0.1, -0.05) is 0 Å². The third-order valence-corrected chi connectivity index (χ3v) is 4.69. The molecule has 24 heavy (non-hydrogen) atoms. The van der Waals surface area contributed by atoms with Gasteiger partial charge in [0.1, 0.15) is 6.61 Å². The Labute approximate surface area is 142 Å². The average Bonchev–Trinajstić information content (AvgIpc) is 2.64. The van der Waals surface area contributed by atoms with Crippen molar-refractivity contribution in [1.29, 1.82) is 0 Å². The zero-order chi connectivity index (χ0) is 16.8. The van der Waals surface area contributed by atoms with E-state index in [1.807, 2.05) is 24.0 Å². The van der Waals surface area contributed by atoms with Crippen LogP contribution in [0.5, 0.6) is 5.88 Å². The molecule has 3 rings (SSSR count). The summed E-state index contributed by atoms with van der Waals surface area (Å²) < 4.78 is 11.0. The van der Waals surface area contributed by atoms with Crippen LogP contribution in [0, 0.1) is 12.8 Å². The topological polar surface area (TPSA) is 67.8 Å². The van der Waals surface area contributed by atoms with Crippen LogP contribution < -0.4 is 4.74 Å². The van der Waals surface area contributed by atoms with Crippen molar-refractivity contribution in [3.63, 3.8) is 0 Å². The number of ether oxygens (including phenoxy) is 2. The van der Waals surface area contributed by atoms with Crippen LogP contribution in [-0.4, -0.2) is 78.4 Å². The quantitative estimate of drug-likeness (QED) is 0.791. The molecule has 0 atom stereocenters. The SMILES string of the molecule is Cc1ccc(OCCN2CCN(C(=O)C3CCOCC3)CC2)nn1. The lowest BCUT2D eigenvalue weighted by Crippen LogP contribution is -2.51. The molecule has 0 aliphatic carbocycles. The summed E-state index contributed by atoms with van der Waals surface area (Å²) in [6.07, 6.45) is 1.73. The summed E-state index contributed by atoms with van der Waals surface area (Å²) in [5, 5.41) is 7.97. The van der Waals surface area contributed by atoms with Gasteiger partial charge in [-0.2, -0.15) is 5.10 Å². The number of piperazine rings is 1. The van der Waals surface area contributed by atoms with Gasteiger partial charge >= 0.3 is 0 Å². The lowest BCUT2D eigenvalue weighted by molar-refractivity contribution is -0.140. The molecule has 0 aromatic carbocycles. The molecular formula is C17H26N4O3. The number of nitrogens with zero attached hydrogens (tertiary/aromatic N) is 4.